The predicted octanol–water partition coefficient (Wildman–Crippen LogP) is 3.93. The Hall–Kier alpha value is -1.76. The van der Waals surface area contributed by atoms with Crippen molar-refractivity contribution in [2.45, 2.75) is 18.8 Å². The highest BCUT2D eigenvalue weighted by atomic mass is 16.3. The van der Waals surface area contributed by atoms with Crippen molar-refractivity contribution in [3.05, 3.63) is 65.7 Å². The van der Waals surface area contributed by atoms with Crippen LogP contribution in [0.25, 0.3) is 0 Å². The van der Waals surface area contributed by atoms with Gasteiger partial charge in [-0.15, -0.1) is 0 Å². The zero-order chi connectivity index (χ0) is 11.7. The van der Waals surface area contributed by atoms with Gasteiger partial charge < -0.3 is 5.11 Å². The molecule has 0 aliphatic heterocycles. The Morgan fingerprint density at radius 3 is 2.18 bits per heavy atom. The summed E-state index contributed by atoms with van der Waals surface area (Å²) in [5, 5.41) is 10.0. The average molecular weight is 224 g/mol. The maximum atomic E-state index is 10.0. The summed E-state index contributed by atoms with van der Waals surface area (Å²) in [7, 11) is 0. The number of phenols is 1. The lowest BCUT2D eigenvalue weighted by Gasteiger charge is -2.18. The van der Waals surface area contributed by atoms with E-state index in [4.69, 9.17) is 0 Å². The molecule has 0 heterocycles. The molecule has 1 fully saturated rings. The number of para-hydroxylation sites is 1. The van der Waals surface area contributed by atoms with Gasteiger partial charge >= 0.3 is 0 Å². The first-order chi connectivity index (χ1) is 8.36. The summed E-state index contributed by atoms with van der Waals surface area (Å²) < 4.78 is 0. The first kappa shape index (κ1) is 10.4. The minimum atomic E-state index is 0.359. The first-order valence-electron chi connectivity index (χ1n) is 6.19. The van der Waals surface area contributed by atoms with Crippen molar-refractivity contribution in [3.8, 4) is 5.75 Å². The molecule has 0 aromatic heterocycles. The van der Waals surface area contributed by atoms with E-state index < -0.39 is 0 Å². The van der Waals surface area contributed by atoms with Crippen LogP contribution in [-0.4, -0.2) is 5.11 Å². The lowest BCUT2D eigenvalue weighted by Crippen LogP contribution is -2.03. The normalized spacial score (nSPS) is 16.7. The van der Waals surface area contributed by atoms with E-state index in [-0.39, 0.29) is 0 Å². The highest BCUT2D eigenvalue weighted by Gasteiger charge is 2.34. The summed E-state index contributed by atoms with van der Waals surface area (Å²) >= 11 is 0. The molecule has 17 heavy (non-hydrogen) atoms. The van der Waals surface area contributed by atoms with Gasteiger partial charge in [0.25, 0.3) is 0 Å². The molecular formula is C16H16O. The third-order valence-corrected chi connectivity index (χ3v) is 3.52. The van der Waals surface area contributed by atoms with Crippen LogP contribution in [-0.2, 0) is 0 Å². The van der Waals surface area contributed by atoms with Crippen molar-refractivity contribution < 1.29 is 5.11 Å². The Morgan fingerprint density at radius 1 is 0.882 bits per heavy atom. The predicted molar refractivity (Wildman–Crippen MR) is 69.1 cm³/mol. The van der Waals surface area contributed by atoms with Crippen molar-refractivity contribution in [1.29, 1.82) is 0 Å². The van der Waals surface area contributed by atoms with Gasteiger partial charge in [-0.25, -0.2) is 0 Å². The van der Waals surface area contributed by atoms with Crippen LogP contribution >= 0.6 is 0 Å². The number of aromatic hydroxyl groups is 1. The van der Waals surface area contributed by atoms with Crippen LogP contribution in [0, 0.1) is 5.92 Å². The largest absolute Gasteiger partial charge is 0.508 e. The molecular weight excluding hydrogens is 208 g/mol. The van der Waals surface area contributed by atoms with Gasteiger partial charge in [0.05, 0.1) is 0 Å². The van der Waals surface area contributed by atoms with Gasteiger partial charge in [-0.1, -0.05) is 48.5 Å². The van der Waals surface area contributed by atoms with Gasteiger partial charge in [0.15, 0.2) is 0 Å². The molecule has 86 valence electrons. The van der Waals surface area contributed by atoms with Gasteiger partial charge in [0.2, 0.25) is 0 Å². The Bertz CT molecular complexity index is 500. The quantitative estimate of drug-likeness (QED) is 0.837. The molecule has 3 rings (SSSR count). The summed E-state index contributed by atoms with van der Waals surface area (Å²) in [6.45, 7) is 0. The number of hydrogen-bond donors (Lipinski definition) is 1. The average Bonchev–Trinajstić information content (AvgIpc) is 3.18. The molecule has 1 atom stereocenters. The van der Waals surface area contributed by atoms with Crippen molar-refractivity contribution >= 4 is 0 Å². The van der Waals surface area contributed by atoms with Crippen molar-refractivity contribution in [2.75, 3.05) is 0 Å². The van der Waals surface area contributed by atoms with E-state index in [1.54, 1.807) is 6.07 Å². The minimum Gasteiger partial charge on any atom is -0.508 e. The van der Waals surface area contributed by atoms with Crippen LogP contribution in [0.2, 0.25) is 0 Å². The SMILES string of the molecule is Oc1ccccc1C(c1ccccc1)C1CC1. The number of rotatable bonds is 3. The topological polar surface area (TPSA) is 20.2 Å². The lowest BCUT2D eigenvalue weighted by molar-refractivity contribution is 0.461. The summed E-state index contributed by atoms with van der Waals surface area (Å²) in [4.78, 5) is 0. The molecule has 1 N–H and O–H groups in total. The zero-order valence-corrected chi connectivity index (χ0v) is 9.71. The summed E-state index contributed by atoms with van der Waals surface area (Å²) in [5.74, 6) is 1.48. The Balaban J connectivity index is 2.04. The molecule has 0 spiro atoms. The van der Waals surface area contributed by atoms with Crippen molar-refractivity contribution in [3.63, 3.8) is 0 Å². The Kier molecular flexibility index (Phi) is 2.60. The fourth-order valence-electron chi connectivity index (χ4n) is 2.55. The second-order valence-corrected chi connectivity index (χ2v) is 4.78. The van der Waals surface area contributed by atoms with Crippen LogP contribution in [0.5, 0.6) is 5.75 Å². The first-order valence-corrected chi connectivity index (χ1v) is 6.19. The third kappa shape index (κ3) is 2.05. The van der Waals surface area contributed by atoms with Crippen LogP contribution < -0.4 is 0 Å². The second kappa shape index (κ2) is 4.25. The molecule has 0 radical (unpaired) electrons. The lowest BCUT2D eigenvalue weighted by atomic mass is 9.87. The highest BCUT2D eigenvalue weighted by Crippen LogP contribution is 2.48. The van der Waals surface area contributed by atoms with E-state index in [1.165, 1.54) is 18.4 Å². The van der Waals surface area contributed by atoms with Crippen LogP contribution in [0.3, 0.4) is 0 Å². The van der Waals surface area contributed by atoms with E-state index in [9.17, 15) is 5.11 Å². The molecule has 0 bridgehead atoms. The maximum Gasteiger partial charge on any atom is 0.119 e. The van der Waals surface area contributed by atoms with Gasteiger partial charge in [0.1, 0.15) is 5.75 Å². The monoisotopic (exact) mass is 224 g/mol. The van der Waals surface area contributed by atoms with Gasteiger partial charge in [-0.2, -0.15) is 0 Å². The Labute approximate surface area is 102 Å². The fourth-order valence-corrected chi connectivity index (χ4v) is 2.55. The summed E-state index contributed by atoms with van der Waals surface area (Å²) in [6.07, 6.45) is 2.54. The van der Waals surface area contributed by atoms with Crippen molar-refractivity contribution in [2.24, 2.45) is 5.92 Å². The fraction of sp³-hybridized carbons (Fsp3) is 0.250. The molecule has 0 amide bonds. The van der Waals surface area contributed by atoms with Crippen LogP contribution in [0.15, 0.2) is 54.6 Å². The molecule has 2 aromatic rings. The molecule has 0 saturated heterocycles. The van der Waals surface area contributed by atoms with Gasteiger partial charge in [0, 0.05) is 11.5 Å². The number of benzene rings is 2. The maximum absolute atomic E-state index is 10.0. The second-order valence-electron chi connectivity index (χ2n) is 4.78. The molecule has 2 aromatic carbocycles. The zero-order valence-electron chi connectivity index (χ0n) is 9.71. The Morgan fingerprint density at radius 2 is 1.53 bits per heavy atom. The molecule has 1 heteroatoms. The summed E-state index contributed by atoms with van der Waals surface area (Å²) in [6, 6.07) is 18.2. The molecule has 1 aliphatic rings. The standard InChI is InChI=1S/C16H16O/c17-15-9-5-4-8-14(15)16(13-10-11-13)12-6-2-1-3-7-12/h1-9,13,16-17H,10-11H2. The molecule has 1 aliphatic carbocycles. The van der Waals surface area contributed by atoms with Gasteiger partial charge in [-0.05, 0) is 30.4 Å². The molecule has 1 nitrogen and oxygen atoms in total. The van der Waals surface area contributed by atoms with E-state index in [0.29, 0.717) is 17.6 Å². The van der Waals surface area contributed by atoms with Crippen LogP contribution in [0.1, 0.15) is 29.9 Å². The highest BCUT2D eigenvalue weighted by molar-refractivity contribution is 5.42. The van der Waals surface area contributed by atoms with E-state index in [0.717, 1.165) is 5.56 Å². The third-order valence-electron chi connectivity index (χ3n) is 3.52. The molecule has 1 unspecified atom stereocenters. The smallest absolute Gasteiger partial charge is 0.119 e. The molecule has 1 saturated carbocycles. The number of phenolic OH excluding ortho intramolecular Hbond substituents is 1. The van der Waals surface area contributed by atoms with Crippen molar-refractivity contribution in [1.82, 2.24) is 0 Å². The minimum absolute atomic E-state index is 0.359. The van der Waals surface area contributed by atoms with E-state index in [1.807, 2.05) is 24.3 Å². The van der Waals surface area contributed by atoms with Gasteiger partial charge in [-0.3, -0.25) is 0 Å². The summed E-state index contributed by atoms with van der Waals surface area (Å²) in [5.41, 5.74) is 2.39. The van der Waals surface area contributed by atoms with E-state index >= 15 is 0 Å². The van der Waals surface area contributed by atoms with E-state index in [2.05, 4.69) is 24.3 Å². The number of hydrogen-bond acceptors (Lipinski definition) is 1. The van der Waals surface area contributed by atoms with Crippen LogP contribution in [0.4, 0.5) is 0 Å².